The van der Waals surface area contributed by atoms with Gasteiger partial charge in [-0.05, 0) is 19.1 Å². The van der Waals surface area contributed by atoms with Crippen LogP contribution in [0.15, 0.2) is 24.3 Å². The smallest absolute Gasteiger partial charge is 0.164 e. The van der Waals surface area contributed by atoms with Gasteiger partial charge in [0.05, 0.1) is 0 Å². The molecule has 0 spiro atoms. The van der Waals surface area contributed by atoms with E-state index in [1.807, 2.05) is 36.9 Å². The monoisotopic (exact) mass is 263 g/mol. The number of hydrogen-bond donors (Lipinski definition) is 0. The van der Waals surface area contributed by atoms with Crippen LogP contribution in [0.5, 0.6) is 0 Å². The molecule has 18 heavy (non-hydrogen) atoms. The number of benzene rings is 1. The average molecular weight is 263 g/mol. The van der Waals surface area contributed by atoms with Crippen LogP contribution in [0.4, 0.5) is 5.69 Å². The van der Waals surface area contributed by atoms with Crippen LogP contribution in [0.3, 0.4) is 0 Å². The van der Waals surface area contributed by atoms with E-state index in [1.54, 1.807) is 0 Å². The third-order valence-corrected chi connectivity index (χ3v) is 5.06. The molecule has 1 aromatic rings. The number of thioether (sulfide) groups is 1. The summed E-state index contributed by atoms with van der Waals surface area (Å²) in [6, 6.07) is 8.51. The van der Waals surface area contributed by atoms with Crippen molar-refractivity contribution in [1.29, 1.82) is 0 Å². The quantitative estimate of drug-likeness (QED) is 0.777. The molecular formula is C15H21NOS. The van der Waals surface area contributed by atoms with E-state index in [1.165, 1.54) is 0 Å². The predicted octanol–water partition coefficient (Wildman–Crippen LogP) is 3.61. The van der Waals surface area contributed by atoms with Crippen molar-refractivity contribution >= 4 is 23.2 Å². The molecule has 1 aliphatic rings. The Hall–Kier alpha value is -0.960. The second-order valence-corrected chi connectivity index (χ2v) is 6.29. The van der Waals surface area contributed by atoms with Gasteiger partial charge >= 0.3 is 0 Å². The van der Waals surface area contributed by atoms with Crippen molar-refractivity contribution in [1.82, 2.24) is 0 Å². The Morgan fingerprint density at radius 2 is 2.11 bits per heavy atom. The lowest BCUT2D eigenvalue weighted by Crippen LogP contribution is -2.45. The summed E-state index contributed by atoms with van der Waals surface area (Å²) >= 11 is 2.02. The van der Waals surface area contributed by atoms with Gasteiger partial charge in [0.25, 0.3) is 0 Å². The number of carbonyl (C=O) groups is 1. The molecule has 3 heteroatoms. The fraction of sp³-hybridized carbons (Fsp3) is 0.533. The lowest BCUT2D eigenvalue weighted by atomic mass is 10.0. The van der Waals surface area contributed by atoms with Gasteiger partial charge in [-0.2, -0.15) is 11.8 Å². The van der Waals surface area contributed by atoms with E-state index in [9.17, 15) is 4.79 Å². The van der Waals surface area contributed by atoms with Crippen LogP contribution >= 0.6 is 11.8 Å². The van der Waals surface area contributed by atoms with E-state index in [-0.39, 0.29) is 5.78 Å². The van der Waals surface area contributed by atoms with Crippen molar-refractivity contribution in [3.63, 3.8) is 0 Å². The number of carbonyl (C=O) groups excluding carboxylic acids is 1. The maximum absolute atomic E-state index is 12.0. The fourth-order valence-corrected chi connectivity index (χ4v) is 3.52. The summed E-state index contributed by atoms with van der Waals surface area (Å²) in [5.41, 5.74) is 2.00. The number of para-hydroxylation sites is 1. The van der Waals surface area contributed by atoms with Crippen molar-refractivity contribution in [3.05, 3.63) is 29.8 Å². The lowest BCUT2D eigenvalue weighted by Gasteiger charge is -2.40. The fourth-order valence-electron chi connectivity index (χ4n) is 2.42. The van der Waals surface area contributed by atoms with Gasteiger partial charge in [0, 0.05) is 41.3 Å². The van der Waals surface area contributed by atoms with Crippen molar-refractivity contribution in [2.45, 2.75) is 38.5 Å². The predicted molar refractivity (Wildman–Crippen MR) is 79.8 cm³/mol. The first-order valence-corrected chi connectivity index (χ1v) is 7.70. The second-order valence-electron chi connectivity index (χ2n) is 4.80. The summed E-state index contributed by atoms with van der Waals surface area (Å²) in [6.45, 7) is 7.48. The Labute approximate surface area is 114 Å². The molecule has 1 aromatic carbocycles. The second kappa shape index (κ2) is 5.79. The third kappa shape index (κ3) is 2.56. The molecule has 1 fully saturated rings. The number of anilines is 1. The van der Waals surface area contributed by atoms with Crippen molar-refractivity contribution in [2.24, 2.45) is 0 Å². The van der Waals surface area contributed by atoms with E-state index in [4.69, 9.17) is 0 Å². The van der Waals surface area contributed by atoms with Crippen LogP contribution in [0.25, 0.3) is 0 Å². The van der Waals surface area contributed by atoms with Gasteiger partial charge in [-0.1, -0.05) is 26.0 Å². The van der Waals surface area contributed by atoms with Gasteiger partial charge in [0.15, 0.2) is 5.78 Å². The van der Waals surface area contributed by atoms with Crippen LogP contribution < -0.4 is 4.90 Å². The largest absolute Gasteiger partial charge is 0.366 e. The Morgan fingerprint density at radius 1 is 1.39 bits per heavy atom. The number of nitrogens with zero attached hydrogens (tertiary/aromatic N) is 1. The van der Waals surface area contributed by atoms with E-state index in [0.717, 1.165) is 23.5 Å². The molecule has 98 valence electrons. The summed E-state index contributed by atoms with van der Waals surface area (Å²) in [4.78, 5) is 14.4. The normalized spacial score (nSPS) is 24.1. The zero-order valence-electron chi connectivity index (χ0n) is 11.3. The standard InChI is InChI=1S/C15H21NOS/c1-4-15(17)13-7-5-6-8-14(13)16-9-10-18-12(3)11(16)2/h5-8,11-12H,4,9-10H2,1-3H3. The number of hydrogen-bond acceptors (Lipinski definition) is 3. The molecule has 2 atom stereocenters. The molecule has 0 bridgehead atoms. The Kier molecular flexibility index (Phi) is 4.33. The van der Waals surface area contributed by atoms with Crippen LogP contribution in [0.2, 0.25) is 0 Å². The Bertz CT molecular complexity index is 432. The van der Waals surface area contributed by atoms with Gasteiger partial charge in [-0.3, -0.25) is 4.79 Å². The first-order valence-electron chi connectivity index (χ1n) is 6.65. The van der Waals surface area contributed by atoms with Gasteiger partial charge in [0.2, 0.25) is 0 Å². The minimum Gasteiger partial charge on any atom is -0.366 e. The van der Waals surface area contributed by atoms with Crippen molar-refractivity contribution in [2.75, 3.05) is 17.2 Å². The highest BCUT2D eigenvalue weighted by molar-refractivity contribution is 8.00. The van der Waals surface area contributed by atoms with E-state index < -0.39 is 0 Å². The molecule has 2 nitrogen and oxygen atoms in total. The van der Waals surface area contributed by atoms with Gasteiger partial charge in [-0.25, -0.2) is 0 Å². The molecule has 1 saturated heterocycles. The molecule has 0 N–H and O–H groups in total. The van der Waals surface area contributed by atoms with Crippen LogP contribution in [-0.2, 0) is 0 Å². The van der Waals surface area contributed by atoms with E-state index in [0.29, 0.717) is 17.7 Å². The minimum atomic E-state index is 0.240. The summed E-state index contributed by atoms with van der Waals surface area (Å²) in [6.07, 6.45) is 0.573. The minimum absolute atomic E-state index is 0.240. The third-order valence-electron chi connectivity index (χ3n) is 3.72. The molecule has 0 radical (unpaired) electrons. The molecule has 1 aliphatic heterocycles. The van der Waals surface area contributed by atoms with Crippen LogP contribution in [-0.4, -0.2) is 29.4 Å². The molecule has 0 saturated carbocycles. The topological polar surface area (TPSA) is 20.3 Å². The first-order chi connectivity index (χ1) is 8.65. The number of Topliss-reactive ketones (excluding diaryl/α,β-unsaturated/α-hetero) is 1. The zero-order valence-corrected chi connectivity index (χ0v) is 12.2. The SMILES string of the molecule is CCC(=O)c1ccccc1N1CCSC(C)C1C. The Morgan fingerprint density at radius 3 is 2.83 bits per heavy atom. The molecule has 0 aliphatic carbocycles. The molecule has 0 aromatic heterocycles. The van der Waals surface area contributed by atoms with Gasteiger partial charge in [0.1, 0.15) is 0 Å². The lowest BCUT2D eigenvalue weighted by molar-refractivity contribution is 0.0988. The van der Waals surface area contributed by atoms with Crippen LogP contribution in [0, 0.1) is 0 Å². The summed E-state index contributed by atoms with van der Waals surface area (Å²) in [5, 5.41) is 0.614. The van der Waals surface area contributed by atoms with E-state index in [2.05, 4.69) is 24.8 Å². The first kappa shape index (κ1) is 13.5. The van der Waals surface area contributed by atoms with Gasteiger partial charge < -0.3 is 4.90 Å². The zero-order chi connectivity index (χ0) is 13.1. The Balaban J connectivity index is 2.35. The van der Waals surface area contributed by atoms with Gasteiger partial charge in [-0.15, -0.1) is 0 Å². The molecule has 2 unspecified atom stereocenters. The van der Waals surface area contributed by atoms with Crippen LogP contribution in [0.1, 0.15) is 37.6 Å². The maximum Gasteiger partial charge on any atom is 0.164 e. The highest BCUT2D eigenvalue weighted by Gasteiger charge is 2.27. The molecular weight excluding hydrogens is 242 g/mol. The highest BCUT2D eigenvalue weighted by Crippen LogP contribution is 2.31. The molecule has 1 heterocycles. The highest BCUT2D eigenvalue weighted by atomic mass is 32.2. The van der Waals surface area contributed by atoms with Crippen molar-refractivity contribution < 1.29 is 4.79 Å². The summed E-state index contributed by atoms with van der Waals surface area (Å²) < 4.78 is 0. The average Bonchev–Trinajstić information content (AvgIpc) is 2.41. The summed E-state index contributed by atoms with van der Waals surface area (Å²) in [5.74, 6) is 1.38. The number of rotatable bonds is 3. The number of ketones is 1. The molecule has 2 rings (SSSR count). The van der Waals surface area contributed by atoms with E-state index >= 15 is 0 Å². The van der Waals surface area contributed by atoms with Crippen molar-refractivity contribution in [3.8, 4) is 0 Å². The molecule has 0 amide bonds. The maximum atomic E-state index is 12.0. The summed E-state index contributed by atoms with van der Waals surface area (Å²) in [7, 11) is 0.